The van der Waals surface area contributed by atoms with Gasteiger partial charge in [-0.15, -0.1) is 0 Å². The Labute approximate surface area is 422 Å². The van der Waals surface area contributed by atoms with E-state index in [9.17, 15) is 15.0 Å². The normalized spacial score (nSPS) is 12.7. The van der Waals surface area contributed by atoms with E-state index in [1.54, 1.807) is 6.08 Å². The molecule has 2 atom stereocenters. The van der Waals surface area contributed by atoms with Crippen molar-refractivity contribution in [1.82, 2.24) is 5.32 Å². The first-order valence-corrected chi connectivity index (χ1v) is 31.4. The van der Waals surface area contributed by atoms with Crippen LogP contribution in [0.1, 0.15) is 367 Å². The van der Waals surface area contributed by atoms with Crippen molar-refractivity contribution in [3.05, 3.63) is 12.2 Å². The Kier molecular flexibility index (Phi) is 58.7. The number of carbonyl (C=O) groups is 1. The summed E-state index contributed by atoms with van der Waals surface area (Å²) < 4.78 is 0. The number of rotatable bonds is 59. The lowest BCUT2D eigenvalue weighted by Crippen LogP contribution is -2.45. The second-order valence-electron chi connectivity index (χ2n) is 21.8. The molecule has 0 aromatic carbocycles. The molecule has 0 aliphatic heterocycles. The minimum Gasteiger partial charge on any atom is -0.394 e. The summed E-state index contributed by atoms with van der Waals surface area (Å²) in [6, 6.07) is -0.619. The number of allylic oxidation sites excluding steroid dienone is 1. The lowest BCUT2D eigenvalue weighted by Gasteiger charge is -2.20. The van der Waals surface area contributed by atoms with Crippen LogP contribution in [0.2, 0.25) is 0 Å². The van der Waals surface area contributed by atoms with E-state index in [-0.39, 0.29) is 12.5 Å². The molecule has 0 heterocycles. The zero-order valence-corrected chi connectivity index (χ0v) is 46.2. The molecule has 0 aromatic rings. The van der Waals surface area contributed by atoms with E-state index < -0.39 is 12.1 Å². The number of nitrogens with one attached hydrogen (secondary N) is 1. The summed E-state index contributed by atoms with van der Waals surface area (Å²) in [6.07, 6.45) is 78.4. The molecule has 0 bridgehead atoms. The fourth-order valence-corrected chi connectivity index (χ4v) is 10.2. The molecule has 0 fully saturated rings. The second-order valence-corrected chi connectivity index (χ2v) is 21.8. The van der Waals surface area contributed by atoms with Gasteiger partial charge in [0.05, 0.1) is 18.8 Å². The van der Waals surface area contributed by atoms with Gasteiger partial charge in [-0.3, -0.25) is 4.79 Å². The van der Waals surface area contributed by atoms with Crippen molar-refractivity contribution >= 4 is 5.91 Å². The maximum atomic E-state index is 12.5. The predicted octanol–water partition coefficient (Wildman–Crippen LogP) is 20.9. The predicted molar refractivity (Wildman–Crippen MR) is 299 cm³/mol. The molecule has 1 amide bonds. The standard InChI is InChI=1S/C63H125NO3/c1-3-5-7-9-11-13-15-17-19-21-23-25-27-28-29-30-31-32-33-34-35-36-37-38-40-42-44-46-48-50-52-54-56-58-62(66)61(60-65)64-63(67)59-57-55-53-51-49-47-45-43-41-39-26-24-22-20-18-16-14-12-10-8-6-4-2/h56,58,61-62,65-66H,3-55,57,59-60H2,1-2H3,(H,64,67)/b58-56+. The van der Waals surface area contributed by atoms with Crippen molar-refractivity contribution in [2.45, 2.75) is 379 Å². The van der Waals surface area contributed by atoms with E-state index in [0.717, 1.165) is 25.7 Å². The van der Waals surface area contributed by atoms with Crippen molar-refractivity contribution in [2.24, 2.45) is 0 Å². The summed E-state index contributed by atoms with van der Waals surface area (Å²) >= 11 is 0. The molecular weight excluding hydrogens is 819 g/mol. The lowest BCUT2D eigenvalue weighted by atomic mass is 10.0. The monoisotopic (exact) mass is 944 g/mol. The summed E-state index contributed by atoms with van der Waals surface area (Å²) in [5.74, 6) is -0.0548. The van der Waals surface area contributed by atoms with E-state index in [0.29, 0.717) is 6.42 Å². The van der Waals surface area contributed by atoms with Gasteiger partial charge < -0.3 is 15.5 Å². The van der Waals surface area contributed by atoms with Gasteiger partial charge in [-0.2, -0.15) is 0 Å². The Hall–Kier alpha value is -0.870. The van der Waals surface area contributed by atoms with Gasteiger partial charge in [-0.05, 0) is 19.3 Å². The molecule has 0 saturated carbocycles. The van der Waals surface area contributed by atoms with Crippen LogP contribution in [0.5, 0.6) is 0 Å². The summed E-state index contributed by atoms with van der Waals surface area (Å²) in [6.45, 7) is 4.36. The first-order valence-electron chi connectivity index (χ1n) is 31.4. The summed E-state index contributed by atoms with van der Waals surface area (Å²) in [5, 5.41) is 23.2. The Bertz CT molecular complexity index is 936. The van der Waals surface area contributed by atoms with Crippen molar-refractivity contribution in [3.8, 4) is 0 Å². The number of hydrogen-bond donors (Lipinski definition) is 3. The number of aliphatic hydroxyl groups excluding tert-OH is 2. The first-order chi connectivity index (χ1) is 33.2. The third-order valence-corrected chi connectivity index (χ3v) is 15.0. The summed E-state index contributed by atoms with van der Waals surface area (Å²) in [7, 11) is 0. The van der Waals surface area contributed by atoms with Gasteiger partial charge in [0.15, 0.2) is 0 Å². The largest absolute Gasteiger partial charge is 0.394 e. The summed E-state index contributed by atoms with van der Waals surface area (Å²) in [4.78, 5) is 12.5. The van der Waals surface area contributed by atoms with E-state index in [1.807, 2.05) is 6.08 Å². The van der Waals surface area contributed by atoms with Gasteiger partial charge in [-0.1, -0.05) is 353 Å². The van der Waals surface area contributed by atoms with E-state index >= 15 is 0 Å². The van der Waals surface area contributed by atoms with Crippen LogP contribution < -0.4 is 5.32 Å². The van der Waals surface area contributed by atoms with Gasteiger partial charge in [0.2, 0.25) is 5.91 Å². The number of amides is 1. The topological polar surface area (TPSA) is 69.6 Å². The van der Waals surface area contributed by atoms with Crippen molar-refractivity contribution in [2.75, 3.05) is 6.61 Å². The average molecular weight is 945 g/mol. The van der Waals surface area contributed by atoms with Gasteiger partial charge in [0.1, 0.15) is 0 Å². The smallest absolute Gasteiger partial charge is 0.220 e. The minimum absolute atomic E-state index is 0.0548. The Morgan fingerprint density at radius 1 is 0.343 bits per heavy atom. The molecule has 4 nitrogen and oxygen atoms in total. The average Bonchev–Trinajstić information content (AvgIpc) is 3.33. The highest BCUT2D eigenvalue weighted by molar-refractivity contribution is 5.76. The maximum absolute atomic E-state index is 12.5. The zero-order chi connectivity index (χ0) is 48.5. The molecular formula is C63H125NO3. The van der Waals surface area contributed by atoms with E-state index in [4.69, 9.17) is 0 Å². The van der Waals surface area contributed by atoms with Crippen LogP contribution in [-0.4, -0.2) is 34.9 Å². The van der Waals surface area contributed by atoms with Crippen LogP contribution in [-0.2, 0) is 4.79 Å². The highest BCUT2D eigenvalue weighted by Crippen LogP contribution is 2.19. The molecule has 0 spiro atoms. The molecule has 0 rings (SSSR count). The van der Waals surface area contributed by atoms with Crippen LogP contribution in [0.25, 0.3) is 0 Å². The fourth-order valence-electron chi connectivity index (χ4n) is 10.2. The third-order valence-electron chi connectivity index (χ3n) is 15.0. The van der Waals surface area contributed by atoms with Gasteiger partial charge in [-0.25, -0.2) is 0 Å². The van der Waals surface area contributed by atoms with E-state index in [2.05, 4.69) is 19.2 Å². The number of hydrogen-bond acceptors (Lipinski definition) is 3. The molecule has 0 radical (unpaired) electrons. The number of unbranched alkanes of at least 4 members (excludes halogenated alkanes) is 52. The molecule has 400 valence electrons. The third kappa shape index (κ3) is 55.9. The minimum atomic E-state index is -0.836. The van der Waals surface area contributed by atoms with Crippen LogP contribution in [0.3, 0.4) is 0 Å². The second kappa shape index (κ2) is 59.4. The van der Waals surface area contributed by atoms with Crippen molar-refractivity contribution in [1.29, 1.82) is 0 Å². The molecule has 2 unspecified atom stereocenters. The SMILES string of the molecule is CCCCCCCCCCCCCCCCCCCCCCCCCCCCCCCCC/C=C/C(O)C(CO)NC(=O)CCCCCCCCCCCCCCCCCCCCCCCC. The number of carbonyl (C=O) groups excluding carboxylic acids is 1. The Morgan fingerprint density at radius 2 is 0.552 bits per heavy atom. The molecule has 4 heteroatoms. The van der Waals surface area contributed by atoms with Crippen molar-refractivity contribution in [3.63, 3.8) is 0 Å². The molecule has 0 aromatic heterocycles. The van der Waals surface area contributed by atoms with Gasteiger partial charge >= 0.3 is 0 Å². The van der Waals surface area contributed by atoms with Crippen LogP contribution in [0, 0.1) is 0 Å². The molecule has 67 heavy (non-hydrogen) atoms. The van der Waals surface area contributed by atoms with Gasteiger partial charge in [0.25, 0.3) is 0 Å². The first kappa shape index (κ1) is 66.1. The molecule has 0 saturated heterocycles. The molecule has 3 N–H and O–H groups in total. The van der Waals surface area contributed by atoms with Crippen LogP contribution in [0.15, 0.2) is 12.2 Å². The maximum Gasteiger partial charge on any atom is 0.220 e. The quantitative estimate of drug-likeness (QED) is 0.0420. The Morgan fingerprint density at radius 3 is 0.776 bits per heavy atom. The van der Waals surface area contributed by atoms with Crippen molar-refractivity contribution < 1.29 is 15.0 Å². The van der Waals surface area contributed by atoms with E-state index in [1.165, 1.54) is 321 Å². The highest BCUT2D eigenvalue weighted by atomic mass is 16.3. The fraction of sp³-hybridized carbons (Fsp3) is 0.952. The number of aliphatic hydroxyl groups is 2. The Balaban J connectivity index is 3.41. The molecule has 0 aliphatic carbocycles. The zero-order valence-electron chi connectivity index (χ0n) is 46.2. The molecule has 0 aliphatic rings. The van der Waals surface area contributed by atoms with Crippen LogP contribution >= 0.6 is 0 Å². The van der Waals surface area contributed by atoms with Crippen LogP contribution in [0.4, 0.5) is 0 Å². The highest BCUT2D eigenvalue weighted by Gasteiger charge is 2.18. The summed E-state index contributed by atoms with van der Waals surface area (Å²) in [5.41, 5.74) is 0. The van der Waals surface area contributed by atoms with Gasteiger partial charge in [0, 0.05) is 6.42 Å². The lowest BCUT2D eigenvalue weighted by molar-refractivity contribution is -0.123.